The van der Waals surface area contributed by atoms with E-state index in [1.165, 1.54) is 4.90 Å². The highest BCUT2D eigenvalue weighted by atomic mass is 16.5. The van der Waals surface area contributed by atoms with Crippen LogP contribution in [0.4, 0.5) is 9.59 Å². The molecule has 0 aliphatic carbocycles. The Morgan fingerprint density at radius 3 is 2.02 bits per heavy atom. The number of aryl methyl sites for hydroxylation is 1. The van der Waals surface area contributed by atoms with Gasteiger partial charge in [-0.3, -0.25) is 15.1 Å². The Hall–Kier alpha value is -5.26. The maximum Gasteiger partial charge on any atom is 0.407 e. The number of aromatic nitrogens is 1. The maximum absolute atomic E-state index is 13.8. The highest BCUT2D eigenvalue weighted by Gasteiger charge is 2.29. The number of nitrogens with one attached hydrogen (secondary N) is 4. The van der Waals surface area contributed by atoms with E-state index in [4.69, 9.17) is 4.74 Å². The molecule has 0 saturated heterocycles. The molecule has 0 bridgehead atoms. The molecule has 4 atom stereocenters. The lowest BCUT2D eigenvalue weighted by molar-refractivity contribution is -0.125. The van der Waals surface area contributed by atoms with Crippen molar-refractivity contribution in [1.29, 1.82) is 0 Å². The number of urea groups is 1. The second-order valence-corrected chi connectivity index (χ2v) is 12.8. The summed E-state index contributed by atoms with van der Waals surface area (Å²) in [5.41, 5.74) is 4.22. The molecule has 4 amide bonds. The molecule has 0 aliphatic rings. The van der Waals surface area contributed by atoms with Crippen molar-refractivity contribution in [2.24, 2.45) is 5.92 Å². The van der Waals surface area contributed by atoms with E-state index < -0.39 is 42.4 Å². The predicted octanol–water partition coefficient (Wildman–Crippen LogP) is 5.11. The average molecular weight is 695 g/mol. The summed E-state index contributed by atoms with van der Waals surface area (Å²) < 4.78 is 5.45. The Bertz CT molecular complexity index is 1660. The van der Waals surface area contributed by atoms with E-state index >= 15 is 0 Å². The predicted molar refractivity (Wildman–Crippen MR) is 197 cm³/mol. The SMILES string of the molecule is CCc1cccc(CN(C)C(=O)NC(C(=O)NC(NC[C@H](O)[C@H](Cc2ccccc2)NC(=O)OCc2ccccc2)c2ccccc2)C(C)C)n1. The maximum atomic E-state index is 13.8. The Morgan fingerprint density at radius 1 is 0.784 bits per heavy atom. The third-order valence-corrected chi connectivity index (χ3v) is 8.43. The first-order valence-corrected chi connectivity index (χ1v) is 17.4. The molecule has 4 aromatic rings. The topological polar surface area (TPSA) is 145 Å². The van der Waals surface area contributed by atoms with Gasteiger partial charge in [-0.15, -0.1) is 0 Å². The van der Waals surface area contributed by atoms with Gasteiger partial charge in [0.25, 0.3) is 0 Å². The average Bonchev–Trinajstić information content (AvgIpc) is 3.15. The lowest BCUT2D eigenvalue weighted by Gasteiger charge is -2.30. The van der Waals surface area contributed by atoms with Gasteiger partial charge in [-0.05, 0) is 47.6 Å². The van der Waals surface area contributed by atoms with Gasteiger partial charge >= 0.3 is 12.1 Å². The van der Waals surface area contributed by atoms with Crippen molar-refractivity contribution in [3.05, 3.63) is 137 Å². The van der Waals surface area contributed by atoms with E-state index in [-0.39, 0.29) is 25.6 Å². The Morgan fingerprint density at radius 2 is 1.39 bits per heavy atom. The summed E-state index contributed by atoms with van der Waals surface area (Å²) in [5, 5.41) is 23.5. The molecule has 2 unspecified atom stereocenters. The number of ether oxygens (including phenoxy) is 1. The molecular weight excluding hydrogens is 644 g/mol. The van der Waals surface area contributed by atoms with Gasteiger partial charge in [0.05, 0.1) is 24.4 Å². The van der Waals surface area contributed by atoms with Crippen LogP contribution in [0.2, 0.25) is 0 Å². The smallest absolute Gasteiger partial charge is 0.407 e. The molecule has 270 valence electrons. The molecule has 11 heteroatoms. The summed E-state index contributed by atoms with van der Waals surface area (Å²) in [7, 11) is 1.66. The number of hydrogen-bond acceptors (Lipinski definition) is 7. The summed E-state index contributed by atoms with van der Waals surface area (Å²) in [4.78, 5) is 46.0. The standard InChI is InChI=1S/C40H50N6O5/c1-5-32-22-15-23-33(42-32)26-46(4)39(49)44-36(28(2)3)38(48)45-37(31-20-13-8-14-21-31)41-25-35(47)34(24-29-16-9-6-10-17-29)43-40(50)51-27-30-18-11-7-12-19-30/h6-23,28,34-37,41,47H,5,24-27H2,1-4H3,(H,43,50)(H,44,49)(H,45,48)/t34-,35-,36?,37?/m0/s1. The number of aliphatic hydroxyl groups is 1. The van der Waals surface area contributed by atoms with Crippen molar-refractivity contribution in [1.82, 2.24) is 31.2 Å². The van der Waals surface area contributed by atoms with Crippen LogP contribution in [-0.2, 0) is 35.5 Å². The van der Waals surface area contributed by atoms with Gasteiger partial charge in [-0.25, -0.2) is 9.59 Å². The molecule has 0 radical (unpaired) electrons. The van der Waals surface area contributed by atoms with Gasteiger partial charge in [-0.1, -0.05) is 118 Å². The van der Waals surface area contributed by atoms with Gasteiger partial charge in [-0.2, -0.15) is 0 Å². The minimum absolute atomic E-state index is 0.0154. The first kappa shape index (κ1) is 38.5. The monoisotopic (exact) mass is 694 g/mol. The number of carbonyl (C=O) groups is 3. The second kappa shape index (κ2) is 19.8. The highest BCUT2D eigenvalue weighted by Crippen LogP contribution is 2.14. The molecule has 11 nitrogen and oxygen atoms in total. The largest absolute Gasteiger partial charge is 0.445 e. The van der Waals surface area contributed by atoms with E-state index in [1.54, 1.807) is 7.05 Å². The van der Waals surface area contributed by atoms with Crippen molar-refractivity contribution >= 4 is 18.0 Å². The van der Waals surface area contributed by atoms with E-state index in [1.807, 2.05) is 130 Å². The van der Waals surface area contributed by atoms with Crippen molar-refractivity contribution < 1.29 is 24.2 Å². The van der Waals surface area contributed by atoms with Crippen LogP contribution in [0.1, 0.15) is 55.0 Å². The van der Waals surface area contributed by atoms with Gasteiger partial charge in [0.1, 0.15) is 18.8 Å². The fourth-order valence-electron chi connectivity index (χ4n) is 5.49. The number of benzene rings is 3. The molecule has 0 fully saturated rings. The molecular formula is C40H50N6O5. The number of aliphatic hydroxyl groups excluding tert-OH is 1. The van der Waals surface area contributed by atoms with Crippen LogP contribution in [0.3, 0.4) is 0 Å². The zero-order chi connectivity index (χ0) is 36.6. The van der Waals surface area contributed by atoms with Gasteiger partial charge < -0.3 is 30.7 Å². The Balaban J connectivity index is 1.43. The van der Waals surface area contributed by atoms with Crippen molar-refractivity contribution in [3.8, 4) is 0 Å². The normalized spacial score (nSPS) is 13.4. The summed E-state index contributed by atoms with van der Waals surface area (Å²) in [5.74, 6) is -0.621. The van der Waals surface area contributed by atoms with Gasteiger partial charge in [0.15, 0.2) is 0 Å². The van der Waals surface area contributed by atoms with E-state index in [0.29, 0.717) is 6.42 Å². The quantitative estimate of drug-likeness (QED) is 0.0967. The van der Waals surface area contributed by atoms with Crippen LogP contribution in [0, 0.1) is 5.92 Å². The third kappa shape index (κ3) is 12.5. The summed E-state index contributed by atoms with van der Waals surface area (Å²) >= 11 is 0. The molecule has 0 saturated carbocycles. The number of carbonyl (C=O) groups excluding carboxylic acids is 3. The summed E-state index contributed by atoms with van der Waals surface area (Å²) in [6, 6.07) is 32.0. The Kier molecular flexibility index (Phi) is 15.0. The van der Waals surface area contributed by atoms with Crippen molar-refractivity contribution in [3.63, 3.8) is 0 Å². The van der Waals surface area contributed by atoms with Crippen LogP contribution >= 0.6 is 0 Å². The van der Waals surface area contributed by atoms with Crippen molar-refractivity contribution in [2.75, 3.05) is 13.6 Å². The number of rotatable bonds is 17. The molecule has 0 aliphatic heterocycles. The van der Waals surface area contributed by atoms with Crippen LogP contribution in [-0.4, -0.2) is 64.8 Å². The highest BCUT2D eigenvalue weighted by molar-refractivity contribution is 5.87. The molecule has 1 heterocycles. The van der Waals surface area contributed by atoms with Crippen LogP contribution in [0.15, 0.2) is 109 Å². The first-order valence-electron chi connectivity index (χ1n) is 17.4. The van der Waals surface area contributed by atoms with Crippen LogP contribution in [0.25, 0.3) is 0 Å². The van der Waals surface area contributed by atoms with Crippen LogP contribution < -0.4 is 21.3 Å². The van der Waals surface area contributed by atoms with E-state index in [2.05, 4.69) is 26.3 Å². The third-order valence-electron chi connectivity index (χ3n) is 8.43. The molecule has 4 rings (SSSR count). The van der Waals surface area contributed by atoms with E-state index in [9.17, 15) is 19.5 Å². The number of hydrogen-bond donors (Lipinski definition) is 5. The zero-order valence-corrected chi connectivity index (χ0v) is 29.8. The summed E-state index contributed by atoms with van der Waals surface area (Å²) in [6.45, 7) is 6.15. The van der Waals surface area contributed by atoms with Crippen LogP contribution in [0.5, 0.6) is 0 Å². The lowest BCUT2D eigenvalue weighted by Crippen LogP contribution is -2.55. The van der Waals surface area contributed by atoms with E-state index in [0.717, 1.165) is 34.5 Å². The zero-order valence-electron chi connectivity index (χ0n) is 29.8. The minimum atomic E-state index is -1.06. The van der Waals surface area contributed by atoms with Gasteiger partial charge in [0.2, 0.25) is 5.91 Å². The fourth-order valence-corrected chi connectivity index (χ4v) is 5.49. The lowest BCUT2D eigenvalue weighted by atomic mass is 10.0. The number of amides is 4. The second-order valence-electron chi connectivity index (χ2n) is 12.8. The molecule has 0 spiro atoms. The van der Waals surface area contributed by atoms with Gasteiger partial charge in [0, 0.05) is 19.3 Å². The fraction of sp³-hybridized carbons (Fsp3) is 0.350. The first-order chi connectivity index (χ1) is 24.6. The summed E-state index contributed by atoms with van der Waals surface area (Å²) in [6.07, 6.45) is -1.29. The Labute approximate surface area is 300 Å². The molecule has 3 aromatic carbocycles. The molecule has 1 aromatic heterocycles. The number of nitrogens with zero attached hydrogens (tertiary/aromatic N) is 2. The van der Waals surface area contributed by atoms with Crippen molar-refractivity contribution in [2.45, 2.75) is 71.1 Å². The number of pyridine rings is 1. The molecule has 51 heavy (non-hydrogen) atoms. The number of alkyl carbamates (subject to hydrolysis) is 1. The molecule has 5 N–H and O–H groups in total. The minimum Gasteiger partial charge on any atom is -0.445 e.